The first-order valence-electron chi connectivity index (χ1n) is 6.67. The molecule has 3 amide bonds. The van der Waals surface area contributed by atoms with Crippen LogP contribution in [-0.2, 0) is 16.6 Å². The molecule has 1 saturated heterocycles. The predicted octanol–water partition coefficient (Wildman–Crippen LogP) is 0.416. The average molecular weight is 343 g/mol. The van der Waals surface area contributed by atoms with Gasteiger partial charge in [-0.15, -0.1) is 10.2 Å². The summed E-state index contributed by atoms with van der Waals surface area (Å²) in [5.41, 5.74) is 0. The molecule has 1 aliphatic heterocycles. The van der Waals surface area contributed by atoms with Crippen LogP contribution in [0.15, 0.2) is 5.16 Å². The van der Waals surface area contributed by atoms with Gasteiger partial charge in [-0.2, -0.15) is 0 Å². The van der Waals surface area contributed by atoms with E-state index >= 15 is 0 Å². The smallest absolute Gasteiger partial charge is 0.288 e. The van der Waals surface area contributed by atoms with Crippen molar-refractivity contribution in [1.82, 2.24) is 25.0 Å². The van der Waals surface area contributed by atoms with Crippen LogP contribution in [0.4, 0.5) is 4.79 Å². The Morgan fingerprint density at radius 2 is 2.18 bits per heavy atom. The van der Waals surface area contributed by atoms with E-state index in [2.05, 4.69) is 15.5 Å². The summed E-state index contributed by atoms with van der Waals surface area (Å²) >= 11 is 2.30. The van der Waals surface area contributed by atoms with Crippen molar-refractivity contribution in [1.29, 1.82) is 0 Å². The number of aryl methyl sites for hydroxylation is 1. The van der Waals surface area contributed by atoms with E-state index < -0.39 is 0 Å². The highest BCUT2D eigenvalue weighted by Gasteiger charge is 2.29. The molecule has 1 aromatic heterocycles. The lowest BCUT2D eigenvalue weighted by Crippen LogP contribution is -2.39. The Morgan fingerprint density at radius 1 is 1.45 bits per heavy atom. The molecular formula is C12H17N5O3S2. The van der Waals surface area contributed by atoms with Gasteiger partial charge in [-0.1, -0.05) is 23.5 Å². The highest BCUT2D eigenvalue weighted by molar-refractivity contribution is 8.14. The Morgan fingerprint density at radius 3 is 2.73 bits per heavy atom. The minimum atomic E-state index is -0.346. The molecule has 1 aromatic rings. The zero-order chi connectivity index (χ0) is 16.3. The van der Waals surface area contributed by atoms with Gasteiger partial charge in [0.05, 0.1) is 11.0 Å². The van der Waals surface area contributed by atoms with Crippen molar-refractivity contribution in [2.24, 2.45) is 7.05 Å². The van der Waals surface area contributed by atoms with Gasteiger partial charge in [0.15, 0.2) is 5.16 Å². The van der Waals surface area contributed by atoms with Gasteiger partial charge < -0.3 is 9.88 Å². The molecule has 120 valence electrons. The van der Waals surface area contributed by atoms with Gasteiger partial charge >= 0.3 is 0 Å². The lowest BCUT2D eigenvalue weighted by atomic mass is 10.4. The van der Waals surface area contributed by atoms with E-state index in [9.17, 15) is 14.4 Å². The van der Waals surface area contributed by atoms with E-state index in [4.69, 9.17) is 0 Å². The van der Waals surface area contributed by atoms with Crippen LogP contribution in [0.5, 0.6) is 0 Å². The third kappa shape index (κ3) is 3.80. The molecule has 1 fully saturated rings. The van der Waals surface area contributed by atoms with Crippen molar-refractivity contribution in [3.63, 3.8) is 0 Å². The first kappa shape index (κ1) is 16.8. The number of rotatable bonds is 6. The quantitative estimate of drug-likeness (QED) is 0.747. The molecule has 2 heterocycles. The Labute approximate surface area is 136 Å². The third-order valence-corrected chi connectivity index (χ3v) is 5.17. The Hall–Kier alpha value is -1.55. The number of thioether (sulfide) groups is 2. The topological polar surface area (TPSA) is 97.2 Å². The van der Waals surface area contributed by atoms with Crippen LogP contribution in [-0.4, -0.2) is 60.8 Å². The van der Waals surface area contributed by atoms with Crippen LogP contribution in [0, 0.1) is 6.92 Å². The molecule has 0 saturated carbocycles. The summed E-state index contributed by atoms with van der Waals surface area (Å²) in [6.45, 7) is 4.06. The number of imide groups is 1. The molecule has 2 rings (SSSR count). The van der Waals surface area contributed by atoms with Gasteiger partial charge in [0.25, 0.3) is 5.24 Å². The third-order valence-electron chi connectivity index (χ3n) is 3.18. The van der Waals surface area contributed by atoms with Crippen molar-refractivity contribution in [3.8, 4) is 0 Å². The van der Waals surface area contributed by atoms with Crippen LogP contribution in [0.2, 0.25) is 0 Å². The summed E-state index contributed by atoms with van der Waals surface area (Å²) in [7, 11) is 1.84. The maximum Gasteiger partial charge on any atom is 0.288 e. The fourth-order valence-corrected chi connectivity index (χ4v) is 3.37. The van der Waals surface area contributed by atoms with Crippen LogP contribution in [0.25, 0.3) is 0 Å². The zero-order valence-corrected chi connectivity index (χ0v) is 14.2. The number of amides is 3. The Kier molecular flexibility index (Phi) is 5.46. The molecule has 0 spiro atoms. The minimum Gasteiger partial charge on any atom is -0.353 e. The summed E-state index contributed by atoms with van der Waals surface area (Å²) in [5, 5.41) is 10.7. The summed E-state index contributed by atoms with van der Waals surface area (Å²) in [6.07, 6.45) is 0. The molecule has 0 bridgehead atoms. The van der Waals surface area contributed by atoms with Gasteiger partial charge in [-0.25, -0.2) is 0 Å². The van der Waals surface area contributed by atoms with Gasteiger partial charge in [-0.3, -0.25) is 19.3 Å². The fourth-order valence-electron chi connectivity index (χ4n) is 1.73. The van der Waals surface area contributed by atoms with E-state index in [0.717, 1.165) is 22.5 Å². The molecule has 1 atom stereocenters. The van der Waals surface area contributed by atoms with Gasteiger partial charge in [0.1, 0.15) is 5.82 Å². The Bertz CT molecular complexity index is 588. The molecular weight excluding hydrogens is 326 g/mol. The first-order valence-corrected chi connectivity index (χ1v) is 8.54. The molecule has 0 aromatic carbocycles. The molecule has 0 unspecified atom stereocenters. The van der Waals surface area contributed by atoms with Crippen molar-refractivity contribution in [2.45, 2.75) is 24.3 Å². The number of carbonyl (C=O) groups excluding carboxylic acids is 3. The summed E-state index contributed by atoms with van der Waals surface area (Å²) in [5.74, 6) is 0.585. The lowest BCUT2D eigenvalue weighted by Gasteiger charge is -2.15. The van der Waals surface area contributed by atoms with Crippen molar-refractivity contribution in [2.75, 3.05) is 18.8 Å². The number of nitrogens with zero attached hydrogens (tertiary/aromatic N) is 4. The number of hydrogen-bond donors (Lipinski definition) is 1. The number of nitrogens with one attached hydrogen (secondary N) is 1. The highest BCUT2D eigenvalue weighted by Crippen LogP contribution is 2.21. The van der Waals surface area contributed by atoms with Crippen LogP contribution in [0.3, 0.4) is 0 Å². The second-order valence-electron chi connectivity index (χ2n) is 4.74. The highest BCUT2D eigenvalue weighted by atomic mass is 32.2. The normalized spacial score (nSPS) is 16.2. The number of hydrogen-bond acceptors (Lipinski definition) is 7. The minimum absolute atomic E-state index is 0.169. The van der Waals surface area contributed by atoms with Crippen LogP contribution < -0.4 is 5.32 Å². The first-order chi connectivity index (χ1) is 10.4. The largest absolute Gasteiger partial charge is 0.353 e. The molecule has 0 radical (unpaired) electrons. The zero-order valence-electron chi connectivity index (χ0n) is 12.5. The van der Waals surface area contributed by atoms with Gasteiger partial charge in [0.2, 0.25) is 11.8 Å². The van der Waals surface area contributed by atoms with Crippen molar-refractivity contribution in [3.05, 3.63) is 5.82 Å². The van der Waals surface area contributed by atoms with Gasteiger partial charge in [0, 0.05) is 20.1 Å². The Balaban J connectivity index is 1.78. The second-order valence-corrected chi connectivity index (χ2v) is 6.97. The number of aromatic nitrogens is 3. The molecule has 1 aliphatic rings. The van der Waals surface area contributed by atoms with Crippen molar-refractivity contribution >= 4 is 40.6 Å². The second kappa shape index (κ2) is 7.14. The molecule has 22 heavy (non-hydrogen) atoms. The van der Waals surface area contributed by atoms with E-state index in [0.29, 0.717) is 5.16 Å². The van der Waals surface area contributed by atoms with Crippen LogP contribution in [0.1, 0.15) is 12.7 Å². The summed E-state index contributed by atoms with van der Waals surface area (Å²) in [4.78, 5) is 36.0. The van der Waals surface area contributed by atoms with E-state index in [-0.39, 0.29) is 41.1 Å². The predicted molar refractivity (Wildman–Crippen MR) is 83.6 cm³/mol. The maximum absolute atomic E-state index is 12.0. The van der Waals surface area contributed by atoms with E-state index in [1.54, 1.807) is 6.92 Å². The van der Waals surface area contributed by atoms with Crippen molar-refractivity contribution < 1.29 is 14.4 Å². The summed E-state index contributed by atoms with van der Waals surface area (Å²) < 4.78 is 1.81. The van der Waals surface area contributed by atoms with E-state index in [1.165, 1.54) is 11.8 Å². The lowest BCUT2D eigenvalue weighted by molar-refractivity contribution is -0.125. The molecule has 0 aliphatic carbocycles. The SMILES string of the molecule is Cc1nnc(S[C@H](C)C(=O)NCCN2C(=O)CSC2=O)n1C. The molecule has 8 nitrogen and oxygen atoms in total. The van der Waals surface area contributed by atoms with Crippen LogP contribution >= 0.6 is 23.5 Å². The monoisotopic (exact) mass is 343 g/mol. The van der Waals surface area contributed by atoms with E-state index in [1.807, 2.05) is 18.5 Å². The average Bonchev–Trinajstić information content (AvgIpc) is 2.96. The fraction of sp³-hybridized carbons (Fsp3) is 0.583. The maximum atomic E-state index is 12.0. The molecule has 1 N–H and O–H groups in total. The molecule has 10 heteroatoms. The van der Waals surface area contributed by atoms with Gasteiger partial charge in [-0.05, 0) is 13.8 Å². The summed E-state index contributed by atoms with van der Waals surface area (Å²) in [6, 6.07) is 0. The standard InChI is InChI=1S/C12H17N5O3S2/c1-7(22-11-15-14-8(2)16(11)3)10(19)13-4-5-17-9(18)6-21-12(17)20/h7H,4-6H2,1-3H3,(H,13,19)/t7-/m1/s1. The number of carbonyl (C=O) groups is 3.